The second kappa shape index (κ2) is 7.00. The number of imidazole rings is 1. The maximum Gasteiger partial charge on any atom is 0.279 e. The van der Waals surface area contributed by atoms with Crippen LogP contribution >= 0.6 is 0 Å². The summed E-state index contributed by atoms with van der Waals surface area (Å²) in [4.78, 5) is 8.55. The summed E-state index contributed by atoms with van der Waals surface area (Å²) < 4.78 is 30.9. The number of nitrogens with zero attached hydrogens (tertiary/aromatic N) is 4. The first-order valence-corrected chi connectivity index (χ1v) is 9.60. The van der Waals surface area contributed by atoms with Gasteiger partial charge >= 0.3 is 0 Å². The Morgan fingerprint density at radius 3 is 2.79 bits per heavy atom. The predicted octanol–water partition coefficient (Wildman–Crippen LogP) is 1.64. The van der Waals surface area contributed by atoms with E-state index in [4.69, 9.17) is 0 Å². The molecule has 7 nitrogen and oxygen atoms in total. The fourth-order valence-electron chi connectivity index (χ4n) is 2.91. The van der Waals surface area contributed by atoms with Crippen molar-refractivity contribution in [1.29, 1.82) is 0 Å². The summed E-state index contributed by atoms with van der Waals surface area (Å²) in [5.41, 5.74) is 0.824. The Bertz CT molecular complexity index is 785. The van der Waals surface area contributed by atoms with Crippen LogP contribution in [0.4, 0.5) is 0 Å². The molecule has 1 aliphatic rings. The second-order valence-electron chi connectivity index (χ2n) is 6.30. The van der Waals surface area contributed by atoms with Gasteiger partial charge in [-0.05, 0) is 37.3 Å². The summed E-state index contributed by atoms with van der Waals surface area (Å²) in [6.45, 7) is 5.42. The summed E-state index contributed by atoms with van der Waals surface area (Å²) in [5.74, 6) is 2.03. The first-order chi connectivity index (χ1) is 11.5. The van der Waals surface area contributed by atoms with Crippen molar-refractivity contribution in [2.75, 3.05) is 13.1 Å². The first-order valence-electron chi connectivity index (χ1n) is 8.16. The average Bonchev–Trinajstić information content (AvgIpc) is 3.00. The average molecular weight is 349 g/mol. The van der Waals surface area contributed by atoms with E-state index in [9.17, 15) is 8.42 Å². The number of hydrogen-bond donors (Lipinski definition) is 1. The Balaban J connectivity index is 1.63. The van der Waals surface area contributed by atoms with Gasteiger partial charge in [-0.2, -0.15) is 17.4 Å². The van der Waals surface area contributed by atoms with E-state index in [0.29, 0.717) is 19.0 Å². The minimum absolute atomic E-state index is 0.239. The highest BCUT2D eigenvalue weighted by atomic mass is 32.2. The van der Waals surface area contributed by atoms with Gasteiger partial charge in [-0.3, -0.25) is 4.57 Å². The summed E-state index contributed by atoms with van der Waals surface area (Å²) in [7, 11) is -3.43. The van der Waals surface area contributed by atoms with Gasteiger partial charge in [-0.1, -0.05) is 13.0 Å². The van der Waals surface area contributed by atoms with Crippen LogP contribution in [-0.2, 0) is 16.8 Å². The molecule has 0 aromatic carbocycles. The van der Waals surface area contributed by atoms with Gasteiger partial charge < -0.3 is 0 Å². The smallest absolute Gasteiger partial charge is 0.279 e. The number of nitrogens with one attached hydrogen (secondary N) is 1. The molecule has 1 atom stereocenters. The maximum absolute atomic E-state index is 12.4. The zero-order valence-electron chi connectivity index (χ0n) is 14.0. The second-order valence-corrected chi connectivity index (χ2v) is 8.06. The minimum Gasteiger partial charge on any atom is -0.288 e. The molecule has 1 aliphatic heterocycles. The van der Waals surface area contributed by atoms with Crippen molar-refractivity contribution in [2.24, 2.45) is 5.92 Å². The van der Waals surface area contributed by atoms with Crippen LogP contribution in [-0.4, -0.2) is 40.3 Å². The molecule has 0 saturated carbocycles. The molecule has 130 valence electrons. The predicted molar refractivity (Wildman–Crippen MR) is 91.8 cm³/mol. The zero-order chi connectivity index (χ0) is 17.2. The van der Waals surface area contributed by atoms with Crippen LogP contribution in [0.3, 0.4) is 0 Å². The molecule has 3 heterocycles. The van der Waals surface area contributed by atoms with E-state index in [-0.39, 0.29) is 6.54 Å². The summed E-state index contributed by atoms with van der Waals surface area (Å²) in [6, 6.07) is 3.74. The van der Waals surface area contributed by atoms with Crippen LogP contribution in [0, 0.1) is 12.8 Å². The van der Waals surface area contributed by atoms with Crippen LogP contribution in [0.1, 0.15) is 31.2 Å². The molecule has 1 fully saturated rings. The van der Waals surface area contributed by atoms with Crippen molar-refractivity contribution in [3.05, 3.63) is 42.1 Å². The van der Waals surface area contributed by atoms with Crippen molar-refractivity contribution in [3.63, 3.8) is 0 Å². The molecular formula is C16H23N5O2S. The molecule has 0 radical (unpaired) electrons. The van der Waals surface area contributed by atoms with Gasteiger partial charge in [0.2, 0.25) is 0 Å². The van der Waals surface area contributed by atoms with E-state index in [1.807, 2.05) is 29.8 Å². The molecule has 2 aromatic rings. The summed E-state index contributed by atoms with van der Waals surface area (Å²) >= 11 is 0. The van der Waals surface area contributed by atoms with Crippen molar-refractivity contribution in [3.8, 4) is 5.82 Å². The van der Waals surface area contributed by atoms with E-state index < -0.39 is 10.2 Å². The number of rotatable bonds is 5. The molecule has 2 aromatic heterocycles. The van der Waals surface area contributed by atoms with Gasteiger partial charge in [0.25, 0.3) is 10.2 Å². The number of hydrogen-bond acceptors (Lipinski definition) is 4. The third-order valence-corrected chi connectivity index (χ3v) is 5.82. The lowest BCUT2D eigenvalue weighted by Gasteiger charge is -2.29. The fourth-order valence-corrected chi connectivity index (χ4v) is 4.27. The molecule has 8 heteroatoms. The number of piperidine rings is 1. The van der Waals surface area contributed by atoms with E-state index in [0.717, 1.165) is 30.0 Å². The van der Waals surface area contributed by atoms with Gasteiger partial charge in [0.05, 0.1) is 0 Å². The van der Waals surface area contributed by atoms with Gasteiger partial charge in [0.15, 0.2) is 0 Å². The lowest BCUT2D eigenvalue weighted by molar-refractivity contribution is 0.278. The van der Waals surface area contributed by atoms with Crippen LogP contribution in [0.5, 0.6) is 0 Å². The summed E-state index contributed by atoms with van der Waals surface area (Å²) in [5, 5.41) is 0. The molecule has 0 spiro atoms. The highest BCUT2D eigenvalue weighted by Gasteiger charge is 2.26. The molecule has 1 saturated heterocycles. The van der Waals surface area contributed by atoms with Gasteiger partial charge in [-0.15, -0.1) is 0 Å². The Labute approximate surface area is 142 Å². The Morgan fingerprint density at radius 2 is 2.17 bits per heavy atom. The third kappa shape index (κ3) is 3.82. The lowest BCUT2D eigenvalue weighted by atomic mass is 10.0. The molecule has 3 rings (SSSR count). The topological polar surface area (TPSA) is 80.1 Å². The quantitative estimate of drug-likeness (QED) is 0.890. The van der Waals surface area contributed by atoms with Crippen LogP contribution in [0.15, 0.2) is 30.7 Å². The van der Waals surface area contributed by atoms with E-state index in [1.54, 1.807) is 12.4 Å². The molecule has 0 aliphatic carbocycles. The highest BCUT2D eigenvalue weighted by molar-refractivity contribution is 7.87. The van der Waals surface area contributed by atoms with Crippen molar-refractivity contribution >= 4 is 10.2 Å². The minimum atomic E-state index is -3.43. The van der Waals surface area contributed by atoms with E-state index >= 15 is 0 Å². The van der Waals surface area contributed by atoms with E-state index in [1.165, 1.54) is 4.31 Å². The van der Waals surface area contributed by atoms with Crippen molar-refractivity contribution in [2.45, 2.75) is 33.2 Å². The highest BCUT2D eigenvalue weighted by Crippen LogP contribution is 2.18. The Morgan fingerprint density at radius 1 is 1.33 bits per heavy atom. The largest absolute Gasteiger partial charge is 0.288 e. The fraction of sp³-hybridized carbons (Fsp3) is 0.500. The molecule has 0 amide bonds. The summed E-state index contributed by atoms with van der Waals surface area (Å²) in [6.07, 6.45) is 7.26. The number of aryl methyl sites for hydroxylation is 1. The standard InChI is InChI=1S/C16H23N5O2S/c1-13-4-3-8-20(12-13)24(22,23)19-11-15-5-6-16(18-10-15)21-9-7-17-14(21)2/h5-7,9-10,13,19H,3-4,8,11-12H2,1-2H3. The molecule has 1 N–H and O–H groups in total. The van der Waals surface area contributed by atoms with Crippen molar-refractivity contribution in [1.82, 2.24) is 23.6 Å². The van der Waals surface area contributed by atoms with Gasteiger partial charge in [0, 0.05) is 38.2 Å². The Hall–Kier alpha value is -1.77. The van der Waals surface area contributed by atoms with Crippen LogP contribution in [0.25, 0.3) is 5.82 Å². The monoisotopic (exact) mass is 349 g/mol. The SMILES string of the molecule is Cc1nccn1-c1ccc(CNS(=O)(=O)N2CCCC(C)C2)cn1. The maximum atomic E-state index is 12.4. The number of aromatic nitrogens is 3. The van der Waals surface area contributed by atoms with E-state index in [2.05, 4.69) is 21.6 Å². The Kier molecular flexibility index (Phi) is 4.98. The molecule has 1 unspecified atom stereocenters. The normalized spacial score (nSPS) is 19.5. The lowest BCUT2D eigenvalue weighted by Crippen LogP contribution is -2.45. The molecule has 0 bridgehead atoms. The third-order valence-electron chi connectivity index (χ3n) is 4.30. The zero-order valence-corrected chi connectivity index (χ0v) is 14.8. The van der Waals surface area contributed by atoms with Crippen molar-refractivity contribution < 1.29 is 8.42 Å². The molecule has 24 heavy (non-hydrogen) atoms. The first kappa shape index (κ1) is 17.1. The van der Waals surface area contributed by atoms with Crippen LogP contribution < -0.4 is 4.72 Å². The van der Waals surface area contributed by atoms with Crippen LogP contribution in [0.2, 0.25) is 0 Å². The number of pyridine rings is 1. The van der Waals surface area contributed by atoms with Gasteiger partial charge in [-0.25, -0.2) is 9.97 Å². The molecular weight excluding hydrogens is 326 g/mol. The van der Waals surface area contributed by atoms with Gasteiger partial charge in [0.1, 0.15) is 11.6 Å².